The van der Waals surface area contributed by atoms with Crippen molar-refractivity contribution in [2.75, 3.05) is 32.7 Å². The molecule has 2 aromatic rings. The summed E-state index contributed by atoms with van der Waals surface area (Å²) >= 11 is 0. The number of benzene rings is 2. The average Bonchev–Trinajstić information content (AvgIpc) is 3.13. The van der Waals surface area contributed by atoms with Crippen LogP contribution in [-0.4, -0.2) is 76.1 Å². The van der Waals surface area contributed by atoms with E-state index in [4.69, 9.17) is 0 Å². The summed E-state index contributed by atoms with van der Waals surface area (Å²) in [4.78, 5) is 19.6. The molecule has 1 N–H and O–H groups in total. The molecule has 0 saturated carbocycles. The van der Waals surface area contributed by atoms with Gasteiger partial charge in [0.05, 0.1) is 23.6 Å². The van der Waals surface area contributed by atoms with E-state index in [0.29, 0.717) is 39.0 Å². The van der Waals surface area contributed by atoms with Crippen molar-refractivity contribution in [2.45, 2.75) is 43.2 Å². The molecule has 0 bridgehead atoms. The van der Waals surface area contributed by atoms with E-state index in [1.54, 1.807) is 0 Å². The molecule has 0 aliphatic carbocycles. The van der Waals surface area contributed by atoms with Crippen LogP contribution in [0.1, 0.15) is 23.1 Å². The number of β-amino-alcohol motifs (C(OH)–C–C–N with tert-alkyl or cyclic N) is 1. The number of carbonyl (C=O) groups is 1. The van der Waals surface area contributed by atoms with Gasteiger partial charge in [-0.1, -0.05) is 42.5 Å². The van der Waals surface area contributed by atoms with Gasteiger partial charge in [0, 0.05) is 45.3 Å². The summed E-state index contributed by atoms with van der Waals surface area (Å²) < 4.78 is 38.5. The molecule has 1 spiro atoms. The Morgan fingerprint density at radius 3 is 2.33 bits per heavy atom. The first-order valence-electron chi connectivity index (χ1n) is 11.4. The Balaban J connectivity index is 1.26. The van der Waals surface area contributed by atoms with E-state index in [2.05, 4.69) is 9.80 Å². The lowest BCUT2D eigenvalue weighted by Crippen LogP contribution is -2.78. The smallest absolute Gasteiger partial charge is 0.392 e. The highest BCUT2D eigenvalue weighted by atomic mass is 19.4. The van der Waals surface area contributed by atoms with Crippen LogP contribution >= 0.6 is 0 Å². The van der Waals surface area contributed by atoms with Gasteiger partial charge in [-0.25, -0.2) is 0 Å². The fourth-order valence-corrected chi connectivity index (χ4v) is 5.72. The minimum atomic E-state index is -4.33. The monoisotopic (exact) mass is 459 g/mol. The summed E-state index contributed by atoms with van der Waals surface area (Å²) in [5, 5.41) is 10.3. The predicted octanol–water partition coefficient (Wildman–Crippen LogP) is 2.78. The van der Waals surface area contributed by atoms with Gasteiger partial charge < -0.3 is 10.0 Å². The first kappa shape index (κ1) is 22.4. The van der Waals surface area contributed by atoms with Crippen LogP contribution in [0.4, 0.5) is 13.2 Å². The Morgan fingerprint density at radius 1 is 0.970 bits per heavy atom. The molecule has 3 heterocycles. The Bertz CT molecular complexity index is 990. The number of hydrogen-bond acceptors (Lipinski definition) is 4. The largest absolute Gasteiger partial charge is 0.416 e. The zero-order chi connectivity index (χ0) is 23.2. The number of amides is 1. The highest BCUT2D eigenvalue weighted by Crippen LogP contribution is 2.40. The summed E-state index contributed by atoms with van der Waals surface area (Å²) in [6.07, 6.45) is -3.69. The van der Waals surface area contributed by atoms with Gasteiger partial charge in [-0.15, -0.1) is 0 Å². The van der Waals surface area contributed by atoms with Gasteiger partial charge in [-0.05, 0) is 29.7 Å². The molecular formula is C25H28F3N3O2. The minimum Gasteiger partial charge on any atom is -0.392 e. The van der Waals surface area contributed by atoms with Crippen LogP contribution in [0.3, 0.4) is 0 Å². The lowest BCUT2D eigenvalue weighted by atomic mass is 9.83. The number of carbonyl (C=O) groups excluding carboxylic acids is 1. The second-order valence-corrected chi connectivity index (χ2v) is 9.70. The molecule has 0 unspecified atom stereocenters. The molecule has 176 valence electrons. The van der Waals surface area contributed by atoms with Gasteiger partial charge >= 0.3 is 6.18 Å². The third-order valence-corrected chi connectivity index (χ3v) is 7.19. The summed E-state index contributed by atoms with van der Waals surface area (Å²) in [6.45, 7) is 3.88. The standard InChI is InChI=1S/C25H28F3N3O2/c26-25(27,28)20-8-6-19(7-9-20)12-29-15-24(16-29)17-30(13-21-11-22(32)14-31(21)24)23(33)10-18-4-2-1-3-5-18/h1-9,21-22,32H,10-17H2/t21-,22+/m0/s1. The number of aliphatic hydroxyl groups is 1. The molecule has 33 heavy (non-hydrogen) atoms. The van der Waals surface area contributed by atoms with Crippen LogP contribution in [0.25, 0.3) is 0 Å². The van der Waals surface area contributed by atoms with Gasteiger partial charge in [0.15, 0.2) is 0 Å². The Labute approximate surface area is 191 Å². The van der Waals surface area contributed by atoms with E-state index >= 15 is 0 Å². The van der Waals surface area contributed by atoms with Gasteiger partial charge in [0.2, 0.25) is 5.91 Å². The maximum Gasteiger partial charge on any atom is 0.416 e. The van der Waals surface area contributed by atoms with Crippen LogP contribution in [0, 0.1) is 0 Å². The summed E-state index contributed by atoms with van der Waals surface area (Å²) in [5.74, 6) is 0.0998. The van der Waals surface area contributed by atoms with Crippen molar-refractivity contribution in [1.82, 2.24) is 14.7 Å². The van der Waals surface area contributed by atoms with Crippen molar-refractivity contribution in [1.29, 1.82) is 0 Å². The molecule has 2 aromatic carbocycles. The van der Waals surface area contributed by atoms with Crippen molar-refractivity contribution >= 4 is 5.91 Å². The number of halogens is 3. The van der Waals surface area contributed by atoms with E-state index in [-0.39, 0.29) is 23.6 Å². The number of piperazine rings is 1. The molecule has 0 aromatic heterocycles. The van der Waals surface area contributed by atoms with Crippen molar-refractivity contribution in [3.63, 3.8) is 0 Å². The maximum atomic E-state index is 13.1. The zero-order valence-electron chi connectivity index (χ0n) is 18.3. The molecule has 0 radical (unpaired) electrons. The van der Waals surface area contributed by atoms with Crippen molar-refractivity contribution in [3.05, 3.63) is 71.3 Å². The van der Waals surface area contributed by atoms with Crippen molar-refractivity contribution in [2.24, 2.45) is 0 Å². The highest BCUT2D eigenvalue weighted by molar-refractivity contribution is 5.79. The Kier molecular flexibility index (Phi) is 5.71. The second-order valence-electron chi connectivity index (χ2n) is 9.70. The zero-order valence-corrected chi connectivity index (χ0v) is 18.3. The van der Waals surface area contributed by atoms with Gasteiger partial charge in [-0.2, -0.15) is 13.2 Å². The van der Waals surface area contributed by atoms with Gasteiger partial charge in [-0.3, -0.25) is 14.6 Å². The SMILES string of the molecule is O=C(Cc1ccccc1)N1C[C@@H]2C[C@@H](O)CN2C2(CN(Cc3ccc(C(F)(F)F)cc3)C2)C1. The molecule has 3 aliphatic rings. The van der Waals surface area contributed by atoms with Crippen LogP contribution < -0.4 is 0 Å². The lowest BCUT2D eigenvalue weighted by Gasteiger charge is -2.61. The van der Waals surface area contributed by atoms with Gasteiger partial charge in [0.25, 0.3) is 0 Å². The summed E-state index contributed by atoms with van der Waals surface area (Å²) in [7, 11) is 0. The lowest BCUT2D eigenvalue weighted by molar-refractivity contribution is -0.150. The predicted molar refractivity (Wildman–Crippen MR) is 117 cm³/mol. The second kappa shape index (κ2) is 8.42. The molecule has 3 aliphatic heterocycles. The maximum absolute atomic E-state index is 13.1. The van der Waals surface area contributed by atoms with Crippen LogP contribution in [-0.2, 0) is 23.9 Å². The minimum absolute atomic E-state index is 0.0998. The molecule has 3 fully saturated rings. The first-order chi connectivity index (χ1) is 15.7. The van der Waals surface area contributed by atoms with E-state index in [9.17, 15) is 23.1 Å². The summed E-state index contributed by atoms with van der Waals surface area (Å²) in [6, 6.07) is 15.2. The number of aliphatic hydroxyl groups excluding tert-OH is 1. The Morgan fingerprint density at radius 2 is 1.67 bits per heavy atom. The number of nitrogens with zero attached hydrogens (tertiary/aromatic N) is 3. The number of rotatable bonds is 4. The first-order valence-corrected chi connectivity index (χ1v) is 11.4. The fraction of sp³-hybridized carbons (Fsp3) is 0.480. The topological polar surface area (TPSA) is 47.0 Å². The molecule has 8 heteroatoms. The number of alkyl halides is 3. The van der Waals surface area contributed by atoms with Crippen LogP contribution in [0.5, 0.6) is 0 Å². The van der Waals surface area contributed by atoms with Gasteiger partial charge in [0.1, 0.15) is 0 Å². The normalized spacial score (nSPS) is 25.2. The number of hydrogen-bond donors (Lipinski definition) is 1. The van der Waals surface area contributed by atoms with Crippen molar-refractivity contribution < 1.29 is 23.1 Å². The summed E-state index contributed by atoms with van der Waals surface area (Å²) in [5.41, 5.74) is 0.977. The molecular weight excluding hydrogens is 431 g/mol. The van der Waals surface area contributed by atoms with Crippen molar-refractivity contribution in [3.8, 4) is 0 Å². The third-order valence-electron chi connectivity index (χ3n) is 7.19. The quantitative estimate of drug-likeness (QED) is 0.764. The third kappa shape index (κ3) is 4.52. The van der Waals surface area contributed by atoms with Crippen LogP contribution in [0.15, 0.2) is 54.6 Å². The Hall–Kier alpha value is -2.42. The van der Waals surface area contributed by atoms with E-state index in [0.717, 1.165) is 36.3 Å². The van der Waals surface area contributed by atoms with E-state index < -0.39 is 11.7 Å². The highest BCUT2D eigenvalue weighted by Gasteiger charge is 2.56. The molecule has 5 rings (SSSR count). The molecule has 5 nitrogen and oxygen atoms in total. The molecule has 1 amide bonds. The number of fused-ring (bicyclic) bond motifs is 2. The molecule has 2 atom stereocenters. The van der Waals surface area contributed by atoms with E-state index in [1.165, 1.54) is 12.1 Å². The van der Waals surface area contributed by atoms with Crippen LogP contribution in [0.2, 0.25) is 0 Å². The molecule has 3 saturated heterocycles. The number of likely N-dealkylation sites (tertiary alicyclic amines) is 1. The van der Waals surface area contributed by atoms with E-state index in [1.807, 2.05) is 35.2 Å². The fourth-order valence-electron chi connectivity index (χ4n) is 5.72. The average molecular weight is 460 g/mol.